The fourth-order valence-electron chi connectivity index (χ4n) is 4.10. The molecule has 0 radical (unpaired) electrons. The van der Waals surface area contributed by atoms with E-state index >= 15 is 0 Å². The summed E-state index contributed by atoms with van der Waals surface area (Å²) in [6, 6.07) is 9.21. The van der Waals surface area contributed by atoms with Gasteiger partial charge >= 0.3 is 0 Å². The number of para-hydroxylation sites is 2. The molecule has 4 rings (SSSR count). The SMILES string of the molecule is COc1ccccc1-n1c(SCC(=O)N2CC(C)CC(C)C2)nc2ccsc2c1=O. The van der Waals surface area contributed by atoms with Gasteiger partial charge in [-0.05, 0) is 41.8 Å². The highest BCUT2D eigenvalue weighted by molar-refractivity contribution is 7.99. The van der Waals surface area contributed by atoms with Gasteiger partial charge in [0.2, 0.25) is 5.91 Å². The molecule has 2 aromatic heterocycles. The first-order valence-electron chi connectivity index (χ1n) is 10.0. The molecule has 2 unspecified atom stereocenters. The number of likely N-dealkylation sites (tertiary alicyclic amines) is 1. The van der Waals surface area contributed by atoms with Gasteiger partial charge in [0.25, 0.3) is 5.56 Å². The van der Waals surface area contributed by atoms with Crippen LogP contribution in [-0.4, -0.2) is 46.3 Å². The van der Waals surface area contributed by atoms with Crippen molar-refractivity contribution in [2.75, 3.05) is 26.0 Å². The van der Waals surface area contributed by atoms with E-state index in [-0.39, 0.29) is 17.2 Å². The minimum Gasteiger partial charge on any atom is -0.495 e. The van der Waals surface area contributed by atoms with Crippen LogP contribution in [0.3, 0.4) is 0 Å². The lowest BCUT2D eigenvalue weighted by molar-refractivity contribution is -0.130. The Morgan fingerprint density at radius 1 is 1.23 bits per heavy atom. The first kappa shape index (κ1) is 20.9. The average Bonchev–Trinajstić information content (AvgIpc) is 3.20. The van der Waals surface area contributed by atoms with Crippen molar-refractivity contribution < 1.29 is 9.53 Å². The van der Waals surface area contributed by atoms with E-state index in [2.05, 4.69) is 13.8 Å². The molecule has 30 heavy (non-hydrogen) atoms. The molecule has 2 atom stereocenters. The largest absolute Gasteiger partial charge is 0.495 e. The molecule has 1 aromatic carbocycles. The number of carbonyl (C=O) groups is 1. The number of piperidine rings is 1. The van der Waals surface area contributed by atoms with Gasteiger partial charge in [0.1, 0.15) is 10.4 Å². The van der Waals surface area contributed by atoms with Crippen LogP contribution in [0, 0.1) is 11.8 Å². The zero-order valence-corrected chi connectivity index (χ0v) is 19.0. The van der Waals surface area contributed by atoms with E-state index in [0.29, 0.717) is 38.6 Å². The molecule has 3 heterocycles. The van der Waals surface area contributed by atoms with E-state index in [1.807, 2.05) is 40.6 Å². The number of rotatable bonds is 5. The Balaban J connectivity index is 1.68. The number of carbonyl (C=O) groups excluding carboxylic acids is 1. The van der Waals surface area contributed by atoms with Gasteiger partial charge in [-0.15, -0.1) is 11.3 Å². The maximum atomic E-state index is 13.3. The molecule has 1 aliphatic rings. The first-order valence-corrected chi connectivity index (χ1v) is 11.9. The summed E-state index contributed by atoms with van der Waals surface area (Å²) in [6.45, 7) is 5.96. The molecular weight excluding hydrogens is 418 g/mol. The van der Waals surface area contributed by atoms with Crippen LogP contribution < -0.4 is 10.3 Å². The van der Waals surface area contributed by atoms with Gasteiger partial charge in [-0.1, -0.05) is 37.7 Å². The number of amides is 1. The highest BCUT2D eigenvalue weighted by atomic mass is 32.2. The molecule has 0 N–H and O–H groups in total. The molecule has 3 aromatic rings. The lowest BCUT2D eigenvalue weighted by atomic mass is 9.92. The van der Waals surface area contributed by atoms with Crippen LogP contribution in [-0.2, 0) is 4.79 Å². The number of nitrogens with zero attached hydrogens (tertiary/aromatic N) is 3. The van der Waals surface area contributed by atoms with Gasteiger partial charge in [-0.25, -0.2) is 4.98 Å². The van der Waals surface area contributed by atoms with Crippen LogP contribution in [0.15, 0.2) is 45.7 Å². The van der Waals surface area contributed by atoms with Gasteiger partial charge in [0.15, 0.2) is 5.16 Å². The van der Waals surface area contributed by atoms with Crippen molar-refractivity contribution in [1.29, 1.82) is 0 Å². The van der Waals surface area contributed by atoms with Gasteiger partial charge in [-0.3, -0.25) is 14.2 Å². The number of thioether (sulfide) groups is 1. The Morgan fingerprint density at radius 3 is 2.70 bits per heavy atom. The molecule has 0 spiro atoms. The van der Waals surface area contributed by atoms with Crippen LogP contribution in [0.2, 0.25) is 0 Å². The number of benzene rings is 1. The summed E-state index contributed by atoms with van der Waals surface area (Å²) in [5, 5.41) is 2.36. The number of thiophene rings is 1. The van der Waals surface area contributed by atoms with Crippen molar-refractivity contribution in [2.24, 2.45) is 11.8 Å². The van der Waals surface area contributed by atoms with Crippen molar-refractivity contribution in [3.05, 3.63) is 46.1 Å². The second-order valence-corrected chi connectivity index (χ2v) is 9.73. The van der Waals surface area contributed by atoms with Crippen molar-refractivity contribution >= 4 is 39.2 Å². The summed E-state index contributed by atoms with van der Waals surface area (Å²) < 4.78 is 7.64. The number of methoxy groups -OCH3 is 1. The predicted octanol–water partition coefficient (Wildman–Crippen LogP) is 4.05. The molecule has 1 fully saturated rings. The quantitative estimate of drug-likeness (QED) is 0.440. The Kier molecular flexibility index (Phi) is 6.15. The van der Waals surface area contributed by atoms with Crippen molar-refractivity contribution in [1.82, 2.24) is 14.5 Å². The van der Waals surface area contributed by atoms with Crippen molar-refractivity contribution in [2.45, 2.75) is 25.4 Å². The van der Waals surface area contributed by atoms with Gasteiger partial charge < -0.3 is 9.64 Å². The number of ether oxygens (including phenoxy) is 1. The molecule has 1 saturated heterocycles. The normalized spacial score (nSPS) is 19.2. The summed E-state index contributed by atoms with van der Waals surface area (Å²) in [5.41, 5.74) is 1.14. The maximum absolute atomic E-state index is 13.3. The Morgan fingerprint density at radius 2 is 1.97 bits per heavy atom. The fraction of sp³-hybridized carbons (Fsp3) is 0.409. The fourth-order valence-corrected chi connectivity index (χ4v) is 5.77. The van der Waals surface area contributed by atoms with Crippen LogP contribution in [0.1, 0.15) is 20.3 Å². The maximum Gasteiger partial charge on any atom is 0.276 e. The van der Waals surface area contributed by atoms with Crippen molar-refractivity contribution in [3.63, 3.8) is 0 Å². The highest BCUT2D eigenvalue weighted by Crippen LogP contribution is 2.29. The third-order valence-corrected chi connectivity index (χ3v) is 7.14. The van der Waals surface area contributed by atoms with E-state index in [0.717, 1.165) is 19.5 Å². The average molecular weight is 444 g/mol. The third-order valence-electron chi connectivity index (χ3n) is 5.32. The molecule has 158 valence electrons. The number of aromatic nitrogens is 2. The minimum absolute atomic E-state index is 0.0876. The highest BCUT2D eigenvalue weighted by Gasteiger charge is 2.26. The van der Waals surface area contributed by atoms with Crippen LogP contribution in [0.4, 0.5) is 0 Å². The van der Waals surface area contributed by atoms with Crippen LogP contribution in [0.25, 0.3) is 15.9 Å². The number of hydrogen-bond donors (Lipinski definition) is 0. The zero-order valence-electron chi connectivity index (χ0n) is 17.3. The molecule has 6 nitrogen and oxygen atoms in total. The van der Waals surface area contributed by atoms with E-state index in [9.17, 15) is 9.59 Å². The minimum atomic E-state index is -0.144. The summed E-state index contributed by atoms with van der Waals surface area (Å²) in [6.07, 6.45) is 1.15. The van der Waals surface area contributed by atoms with Gasteiger partial charge in [-0.2, -0.15) is 0 Å². The van der Waals surface area contributed by atoms with Gasteiger partial charge in [0, 0.05) is 13.1 Å². The lowest BCUT2D eigenvalue weighted by Crippen LogP contribution is -2.43. The molecule has 1 aliphatic heterocycles. The third kappa shape index (κ3) is 4.11. The Labute approximate surface area is 183 Å². The molecule has 0 bridgehead atoms. The predicted molar refractivity (Wildman–Crippen MR) is 122 cm³/mol. The molecule has 0 saturated carbocycles. The van der Waals surface area contributed by atoms with E-state index < -0.39 is 0 Å². The number of fused-ring (bicyclic) bond motifs is 1. The van der Waals surface area contributed by atoms with Gasteiger partial charge in [0.05, 0.1) is 24.1 Å². The number of hydrogen-bond acceptors (Lipinski definition) is 6. The van der Waals surface area contributed by atoms with Crippen LogP contribution in [0.5, 0.6) is 5.75 Å². The topological polar surface area (TPSA) is 64.4 Å². The molecule has 8 heteroatoms. The van der Waals surface area contributed by atoms with Crippen LogP contribution >= 0.6 is 23.1 Å². The smallest absolute Gasteiger partial charge is 0.276 e. The molecule has 1 amide bonds. The monoisotopic (exact) mass is 443 g/mol. The first-order chi connectivity index (χ1) is 14.5. The molecule has 0 aliphatic carbocycles. The summed E-state index contributed by atoms with van der Waals surface area (Å²) in [7, 11) is 1.58. The van der Waals surface area contributed by atoms with E-state index in [1.54, 1.807) is 11.7 Å². The zero-order chi connectivity index (χ0) is 21.3. The second kappa shape index (κ2) is 8.81. The summed E-state index contributed by atoms with van der Waals surface area (Å²) in [5.74, 6) is 1.94. The second-order valence-electron chi connectivity index (χ2n) is 7.88. The summed E-state index contributed by atoms with van der Waals surface area (Å²) >= 11 is 2.68. The summed E-state index contributed by atoms with van der Waals surface area (Å²) in [4.78, 5) is 32.8. The lowest BCUT2D eigenvalue weighted by Gasteiger charge is -2.35. The van der Waals surface area contributed by atoms with E-state index in [4.69, 9.17) is 9.72 Å². The standard InChI is InChI=1S/C22H25N3O3S2/c1-14-10-15(2)12-24(11-14)19(26)13-30-22-23-16-8-9-29-20(16)21(27)25(22)17-6-4-5-7-18(17)28-3/h4-9,14-15H,10-13H2,1-3H3. The van der Waals surface area contributed by atoms with E-state index in [1.165, 1.54) is 23.1 Å². The van der Waals surface area contributed by atoms with Crippen molar-refractivity contribution in [3.8, 4) is 11.4 Å². The molecular formula is C22H25N3O3S2. The Hall–Kier alpha value is -2.32. The Bertz CT molecular complexity index is 1110.